The van der Waals surface area contributed by atoms with Crippen molar-refractivity contribution in [3.8, 4) is 0 Å². The molecule has 2 aliphatic rings. The lowest BCUT2D eigenvalue weighted by molar-refractivity contribution is -0.123. The van der Waals surface area contributed by atoms with E-state index in [4.69, 9.17) is 0 Å². The lowest BCUT2D eigenvalue weighted by atomic mass is 9.91. The van der Waals surface area contributed by atoms with E-state index in [1.807, 2.05) is 43.3 Å². The molecule has 1 heterocycles. The second-order valence-electron chi connectivity index (χ2n) is 8.50. The number of nitrogens with zero attached hydrogens (tertiary/aromatic N) is 1. The van der Waals surface area contributed by atoms with Crippen molar-refractivity contribution in [2.24, 2.45) is 0 Å². The fourth-order valence-electron chi connectivity index (χ4n) is 4.68. The molecule has 0 aromatic heterocycles. The first-order chi connectivity index (χ1) is 14.4. The van der Waals surface area contributed by atoms with E-state index in [2.05, 4.69) is 5.32 Å². The van der Waals surface area contributed by atoms with Crippen LogP contribution >= 0.6 is 0 Å². The lowest BCUT2D eigenvalue weighted by Gasteiger charge is -2.36. The third kappa shape index (κ3) is 4.44. The molecule has 30 heavy (non-hydrogen) atoms. The van der Waals surface area contributed by atoms with E-state index in [0.29, 0.717) is 13.0 Å². The molecule has 1 N–H and O–H groups in total. The molecule has 0 saturated heterocycles. The van der Waals surface area contributed by atoms with E-state index in [9.17, 15) is 13.2 Å². The summed E-state index contributed by atoms with van der Waals surface area (Å²) in [7, 11) is -3.70. The van der Waals surface area contributed by atoms with E-state index in [0.717, 1.165) is 42.4 Å². The molecule has 160 valence electrons. The van der Waals surface area contributed by atoms with Gasteiger partial charge in [-0.3, -0.25) is 4.79 Å². The number of benzene rings is 2. The van der Waals surface area contributed by atoms with Gasteiger partial charge in [0, 0.05) is 19.0 Å². The van der Waals surface area contributed by atoms with Crippen LogP contribution in [0.4, 0.5) is 0 Å². The van der Waals surface area contributed by atoms with Crippen LogP contribution in [-0.2, 0) is 21.2 Å². The van der Waals surface area contributed by atoms with Crippen molar-refractivity contribution >= 4 is 15.9 Å². The molecule has 6 heteroatoms. The molecule has 1 aliphatic heterocycles. The Labute approximate surface area is 179 Å². The maximum atomic E-state index is 13.5. The first-order valence-electron chi connectivity index (χ1n) is 10.9. The van der Waals surface area contributed by atoms with Crippen LogP contribution in [0.2, 0.25) is 0 Å². The minimum Gasteiger partial charge on any atom is -0.353 e. The van der Waals surface area contributed by atoms with Gasteiger partial charge >= 0.3 is 0 Å². The Hall–Kier alpha value is -2.18. The maximum absolute atomic E-state index is 13.5. The van der Waals surface area contributed by atoms with E-state index in [-0.39, 0.29) is 23.3 Å². The predicted molar refractivity (Wildman–Crippen MR) is 118 cm³/mol. The smallest absolute Gasteiger partial charge is 0.243 e. The molecule has 0 bridgehead atoms. The van der Waals surface area contributed by atoms with Gasteiger partial charge in [-0.05, 0) is 49.4 Å². The number of nitrogens with one attached hydrogen (secondary N) is 1. The van der Waals surface area contributed by atoms with Crippen molar-refractivity contribution in [1.82, 2.24) is 9.62 Å². The standard InChI is InChI=1S/C24H30N2O3S/c1-18-11-13-21(14-12-18)30(28,29)26-16-15-19-7-5-6-10-22(19)23(26)17-24(27)25-20-8-3-2-4-9-20/h5-7,10-14,20,23H,2-4,8-9,15-17H2,1H3,(H,25,27). The number of hydrogen-bond acceptors (Lipinski definition) is 3. The molecule has 2 aromatic rings. The number of carbonyl (C=O) groups is 1. The number of carbonyl (C=O) groups excluding carboxylic acids is 1. The highest BCUT2D eigenvalue weighted by Gasteiger charge is 2.37. The Balaban J connectivity index is 1.62. The molecule has 2 aromatic carbocycles. The van der Waals surface area contributed by atoms with Crippen LogP contribution in [0.25, 0.3) is 0 Å². The fourth-order valence-corrected chi connectivity index (χ4v) is 6.29. The molecule has 4 rings (SSSR count). The quantitative estimate of drug-likeness (QED) is 0.782. The van der Waals surface area contributed by atoms with Gasteiger partial charge in [-0.2, -0.15) is 4.31 Å². The second kappa shape index (κ2) is 8.90. The minimum absolute atomic E-state index is 0.0623. The summed E-state index contributed by atoms with van der Waals surface area (Å²) in [6.45, 7) is 2.32. The zero-order chi connectivity index (χ0) is 21.1. The summed E-state index contributed by atoms with van der Waals surface area (Å²) in [6.07, 6.45) is 6.35. The number of hydrogen-bond donors (Lipinski definition) is 1. The van der Waals surface area contributed by atoms with E-state index in [1.165, 1.54) is 10.7 Å². The van der Waals surface area contributed by atoms with Gasteiger partial charge in [0.2, 0.25) is 15.9 Å². The predicted octanol–water partition coefficient (Wildman–Crippen LogP) is 4.12. The summed E-state index contributed by atoms with van der Waals surface area (Å²) in [6, 6.07) is 14.6. The number of rotatable bonds is 5. The zero-order valence-electron chi connectivity index (χ0n) is 17.5. The molecule has 1 atom stereocenters. The molecule has 1 aliphatic carbocycles. The van der Waals surface area contributed by atoms with Crippen LogP contribution < -0.4 is 5.32 Å². The summed E-state index contributed by atoms with van der Waals surface area (Å²) in [5.41, 5.74) is 3.09. The average Bonchev–Trinajstić information content (AvgIpc) is 2.75. The molecule has 5 nitrogen and oxygen atoms in total. The zero-order valence-corrected chi connectivity index (χ0v) is 18.3. The first kappa shape index (κ1) is 21.1. The normalized spacial score (nSPS) is 20.5. The highest BCUT2D eigenvalue weighted by Crippen LogP contribution is 2.36. The average molecular weight is 427 g/mol. The summed E-state index contributed by atoms with van der Waals surface area (Å²) >= 11 is 0. The Bertz CT molecular complexity index is 995. The van der Waals surface area contributed by atoms with Crippen molar-refractivity contribution in [1.29, 1.82) is 0 Å². The van der Waals surface area contributed by atoms with Gasteiger partial charge in [-0.15, -0.1) is 0 Å². The monoisotopic (exact) mass is 426 g/mol. The largest absolute Gasteiger partial charge is 0.353 e. The van der Waals surface area contributed by atoms with Gasteiger partial charge in [-0.25, -0.2) is 8.42 Å². The topological polar surface area (TPSA) is 66.5 Å². The van der Waals surface area contributed by atoms with Crippen LogP contribution in [0.15, 0.2) is 53.4 Å². The Morgan fingerprint density at radius 3 is 2.47 bits per heavy atom. The van der Waals surface area contributed by atoms with Crippen molar-refractivity contribution in [3.63, 3.8) is 0 Å². The number of aryl methyl sites for hydroxylation is 1. The highest BCUT2D eigenvalue weighted by atomic mass is 32.2. The van der Waals surface area contributed by atoms with Crippen molar-refractivity contribution in [2.45, 2.75) is 68.8 Å². The molecule has 0 spiro atoms. The summed E-state index contributed by atoms with van der Waals surface area (Å²) in [4.78, 5) is 13.2. The van der Waals surface area contributed by atoms with Crippen LogP contribution in [0.3, 0.4) is 0 Å². The molecule has 1 fully saturated rings. The Kier molecular flexibility index (Phi) is 6.25. The van der Waals surface area contributed by atoms with E-state index >= 15 is 0 Å². The first-order valence-corrected chi connectivity index (χ1v) is 12.3. The second-order valence-corrected chi connectivity index (χ2v) is 10.4. The third-order valence-electron chi connectivity index (χ3n) is 6.34. The number of amides is 1. The maximum Gasteiger partial charge on any atom is 0.243 e. The number of sulfonamides is 1. The Morgan fingerprint density at radius 1 is 1.03 bits per heavy atom. The van der Waals surface area contributed by atoms with Crippen LogP contribution in [0.1, 0.15) is 61.3 Å². The van der Waals surface area contributed by atoms with Crippen molar-refractivity contribution in [3.05, 3.63) is 65.2 Å². The fraction of sp³-hybridized carbons (Fsp3) is 0.458. The Morgan fingerprint density at radius 2 is 1.73 bits per heavy atom. The van der Waals surface area contributed by atoms with Crippen LogP contribution in [0.5, 0.6) is 0 Å². The van der Waals surface area contributed by atoms with Gasteiger partial charge in [0.15, 0.2) is 0 Å². The van der Waals surface area contributed by atoms with Gasteiger partial charge in [0.1, 0.15) is 0 Å². The lowest BCUT2D eigenvalue weighted by Crippen LogP contribution is -2.43. The summed E-state index contributed by atoms with van der Waals surface area (Å²) in [5, 5.41) is 3.16. The van der Waals surface area contributed by atoms with E-state index < -0.39 is 16.1 Å². The summed E-state index contributed by atoms with van der Waals surface area (Å²) < 4.78 is 28.5. The molecule has 1 amide bonds. The van der Waals surface area contributed by atoms with Crippen LogP contribution in [-0.4, -0.2) is 31.2 Å². The van der Waals surface area contributed by atoms with Gasteiger partial charge in [0.05, 0.1) is 10.9 Å². The van der Waals surface area contributed by atoms with Crippen molar-refractivity contribution < 1.29 is 13.2 Å². The molecule has 1 saturated carbocycles. The van der Waals surface area contributed by atoms with E-state index in [1.54, 1.807) is 12.1 Å². The summed E-state index contributed by atoms with van der Waals surface area (Å²) in [5.74, 6) is -0.0623. The van der Waals surface area contributed by atoms with Gasteiger partial charge in [0.25, 0.3) is 0 Å². The van der Waals surface area contributed by atoms with Crippen LogP contribution in [0, 0.1) is 6.92 Å². The molecule has 1 unspecified atom stereocenters. The molecule has 0 radical (unpaired) electrons. The third-order valence-corrected chi connectivity index (χ3v) is 8.26. The van der Waals surface area contributed by atoms with Gasteiger partial charge in [-0.1, -0.05) is 61.2 Å². The highest BCUT2D eigenvalue weighted by molar-refractivity contribution is 7.89. The molecular formula is C24H30N2O3S. The number of fused-ring (bicyclic) bond motifs is 1. The minimum atomic E-state index is -3.70. The molecular weight excluding hydrogens is 396 g/mol. The SMILES string of the molecule is Cc1ccc(S(=O)(=O)N2CCc3ccccc3C2CC(=O)NC2CCCCC2)cc1. The van der Waals surface area contributed by atoms with Gasteiger partial charge < -0.3 is 5.32 Å². The van der Waals surface area contributed by atoms with Crippen molar-refractivity contribution in [2.75, 3.05) is 6.54 Å².